The summed E-state index contributed by atoms with van der Waals surface area (Å²) in [5, 5.41) is 0. The Morgan fingerprint density at radius 1 is 1.17 bits per heavy atom. The Morgan fingerprint density at radius 3 is 2.04 bits per heavy atom. The van der Waals surface area contributed by atoms with Crippen molar-refractivity contribution in [2.75, 3.05) is 33.3 Å². The maximum absolute atomic E-state index is 12.8. The predicted octanol–water partition coefficient (Wildman–Crippen LogP) is -0.540. The molecule has 0 amide bonds. The Balaban J connectivity index is 0. The second kappa shape index (κ2) is 9.41. The van der Waals surface area contributed by atoms with Crippen LogP contribution in [0.25, 0.3) is 0 Å². The lowest BCUT2D eigenvalue weighted by atomic mass is 10.2. The first-order valence-electron chi connectivity index (χ1n) is 7.08. The average Bonchev–Trinajstić information content (AvgIpc) is 2.21. The summed E-state index contributed by atoms with van der Waals surface area (Å²) in [5.41, 5.74) is -0.630. The van der Waals surface area contributed by atoms with E-state index in [1.54, 1.807) is 20.8 Å². The molecule has 0 aliphatic carbocycles. The number of hydrogen-bond donors (Lipinski definition) is 0. The van der Waals surface area contributed by atoms with Crippen LogP contribution in [0.4, 0.5) is 13.2 Å². The van der Waals surface area contributed by atoms with Gasteiger partial charge in [0.1, 0.15) is 18.8 Å². The Bertz CT molecular complexity index is 461. The van der Waals surface area contributed by atoms with Crippen LogP contribution in [0.5, 0.6) is 0 Å². The first-order chi connectivity index (χ1) is 10.1. The first-order valence-corrected chi connectivity index (χ1v) is 7.08. The predicted molar refractivity (Wildman–Crippen MR) is 78.5 cm³/mol. The maximum Gasteiger partial charge on any atom is 0.438 e. The van der Waals surface area contributed by atoms with Gasteiger partial charge in [-0.15, -0.1) is 0 Å². The van der Waals surface area contributed by atoms with Gasteiger partial charge in [0.25, 0.3) is 0 Å². The molecule has 0 aliphatic rings. The summed E-state index contributed by atoms with van der Waals surface area (Å²) in [7, 11) is 1.27. The molecule has 0 N–H and O–H groups in total. The molecule has 1 atom stereocenters. The summed E-state index contributed by atoms with van der Waals surface area (Å²) < 4.78 is 47.5. The van der Waals surface area contributed by atoms with E-state index in [0.717, 1.165) is 0 Å². The number of nitrogens with zero attached hydrogens (tertiary/aromatic N) is 1. The number of hydrogen-bond acceptors (Lipinski definition) is 4. The van der Waals surface area contributed by atoms with Crippen molar-refractivity contribution in [3.05, 3.63) is 12.2 Å². The van der Waals surface area contributed by atoms with Gasteiger partial charge in [-0.05, 0) is 27.7 Å². The molecule has 0 saturated carbocycles. The van der Waals surface area contributed by atoms with Crippen LogP contribution < -0.4 is 17.0 Å². The molecule has 0 heterocycles. The molecule has 0 aromatic carbocycles. The van der Waals surface area contributed by atoms with Crippen molar-refractivity contribution < 1.29 is 53.7 Å². The number of alkyl halides is 3. The molecule has 142 valence electrons. The molecule has 0 radical (unpaired) electrons. The number of carbonyl (C=O) groups excluding carboxylic acids is 2. The van der Waals surface area contributed by atoms with Crippen LogP contribution >= 0.6 is 0 Å². The molecule has 0 aromatic heterocycles. The Labute approximate surface area is 151 Å². The van der Waals surface area contributed by atoms with Crippen LogP contribution in [0, 0.1) is 0 Å². The minimum absolute atomic E-state index is 0. The van der Waals surface area contributed by atoms with Crippen LogP contribution in [-0.4, -0.2) is 61.5 Å². The van der Waals surface area contributed by atoms with Crippen molar-refractivity contribution in [2.24, 2.45) is 0 Å². The highest BCUT2D eigenvalue weighted by Crippen LogP contribution is 2.21. The van der Waals surface area contributed by atoms with Gasteiger partial charge in [-0.25, -0.2) is 9.59 Å². The monoisotopic (exact) mass is 419 g/mol. The number of esters is 2. The van der Waals surface area contributed by atoms with E-state index >= 15 is 0 Å². The lowest BCUT2D eigenvalue weighted by molar-refractivity contribution is -0.912. The molecular weight excluding hydrogens is 395 g/mol. The third-order valence-electron chi connectivity index (χ3n) is 2.70. The zero-order chi connectivity index (χ0) is 18.5. The molecule has 0 aromatic rings. The standard InChI is InChI=1S/C15H25F3NO4.BrH/c1-11(2)13(21)22-8-7-19(6,10-15(16,17)18)9-12(20)23-14(3,4)5;/h1,7-10H2,2-6H3;1H/q+1;/p-1. The fourth-order valence-corrected chi connectivity index (χ4v) is 1.81. The molecule has 9 heteroatoms. The number of halogens is 4. The zero-order valence-electron chi connectivity index (χ0n) is 14.6. The van der Waals surface area contributed by atoms with Crippen molar-refractivity contribution in [1.29, 1.82) is 0 Å². The number of quaternary nitrogens is 1. The van der Waals surface area contributed by atoms with E-state index in [0.29, 0.717) is 0 Å². The van der Waals surface area contributed by atoms with Crippen molar-refractivity contribution in [3.63, 3.8) is 0 Å². The van der Waals surface area contributed by atoms with Crippen LogP contribution in [-0.2, 0) is 19.1 Å². The van der Waals surface area contributed by atoms with E-state index in [9.17, 15) is 22.8 Å². The van der Waals surface area contributed by atoms with Gasteiger partial charge >= 0.3 is 18.1 Å². The molecule has 24 heavy (non-hydrogen) atoms. The quantitative estimate of drug-likeness (QED) is 0.316. The summed E-state index contributed by atoms with van der Waals surface area (Å²) >= 11 is 0. The van der Waals surface area contributed by atoms with E-state index in [1.165, 1.54) is 14.0 Å². The van der Waals surface area contributed by atoms with Gasteiger partial charge in [-0.1, -0.05) is 6.58 Å². The van der Waals surface area contributed by atoms with E-state index in [4.69, 9.17) is 9.47 Å². The fraction of sp³-hybridized carbons (Fsp3) is 0.733. The lowest BCUT2D eigenvalue weighted by Gasteiger charge is -2.34. The summed E-state index contributed by atoms with van der Waals surface area (Å²) in [6, 6.07) is 0. The Hall–Kier alpha value is -1.09. The smallest absolute Gasteiger partial charge is 0.438 e. The maximum atomic E-state index is 12.8. The summed E-state index contributed by atoms with van der Waals surface area (Å²) in [4.78, 5) is 23.1. The van der Waals surface area contributed by atoms with Crippen LogP contribution in [0.2, 0.25) is 0 Å². The number of ether oxygens (including phenoxy) is 2. The third-order valence-corrected chi connectivity index (χ3v) is 2.70. The number of carbonyl (C=O) groups is 2. The van der Waals surface area contributed by atoms with Gasteiger partial charge in [0.05, 0.1) is 7.05 Å². The van der Waals surface area contributed by atoms with E-state index in [-0.39, 0.29) is 35.7 Å². The topological polar surface area (TPSA) is 52.6 Å². The largest absolute Gasteiger partial charge is 1.00 e. The van der Waals surface area contributed by atoms with Gasteiger partial charge in [-0.3, -0.25) is 0 Å². The van der Waals surface area contributed by atoms with Gasteiger partial charge < -0.3 is 30.9 Å². The second-order valence-corrected chi connectivity index (χ2v) is 6.78. The zero-order valence-corrected chi connectivity index (χ0v) is 16.2. The molecule has 0 bridgehead atoms. The lowest BCUT2D eigenvalue weighted by Crippen LogP contribution is -3.00. The minimum atomic E-state index is -4.46. The molecule has 5 nitrogen and oxygen atoms in total. The normalized spacial score (nSPS) is 14.2. The SMILES string of the molecule is C=C(C)C(=O)OCC[N+](C)(CC(=O)OC(C)(C)C)CC(F)(F)F.[Br-]. The van der Waals surface area contributed by atoms with Crippen molar-refractivity contribution in [1.82, 2.24) is 0 Å². The Morgan fingerprint density at radius 2 is 1.67 bits per heavy atom. The van der Waals surface area contributed by atoms with Gasteiger partial charge in [0, 0.05) is 5.57 Å². The summed E-state index contributed by atoms with van der Waals surface area (Å²) in [6.45, 7) is 7.61. The summed E-state index contributed by atoms with van der Waals surface area (Å²) in [5.74, 6) is -1.42. The van der Waals surface area contributed by atoms with Crippen LogP contribution in [0.3, 0.4) is 0 Å². The van der Waals surface area contributed by atoms with Crippen LogP contribution in [0.1, 0.15) is 27.7 Å². The minimum Gasteiger partial charge on any atom is -1.00 e. The number of rotatable bonds is 7. The molecule has 0 saturated heterocycles. The van der Waals surface area contributed by atoms with Gasteiger partial charge in [0.2, 0.25) is 0 Å². The molecule has 0 fully saturated rings. The fourth-order valence-electron chi connectivity index (χ4n) is 1.81. The second-order valence-electron chi connectivity index (χ2n) is 6.78. The van der Waals surface area contributed by atoms with E-state index < -0.39 is 41.3 Å². The van der Waals surface area contributed by atoms with Gasteiger partial charge in [-0.2, -0.15) is 13.2 Å². The molecular formula is C15H25BrF3NO4. The van der Waals surface area contributed by atoms with E-state index in [1.807, 2.05) is 0 Å². The summed E-state index contributed by atoms with van der Waals surface area (Å²) in [6.07, 6.45) is -4.46. The van der Waals surface area contributed by atoms with Gasteiger partial charge in [0.15, 0.2) is 13.1 Å². The highest BCUT2D eigenvalue weighted by molar-refractivity contribution is 5.86. The van der Waals surface area contributed by atoms with Crippen molar-refractivity contribution in [2.45, 2.75) is 39.5 Å². The van der Waals surface area contributed by atoms with Crippen molar-refractivity contribution in [3.8, 4) is 0 Å². The van der Waals surface area contributed by atoms with E-state index in [2.05, 4.69) is 6.58 Å². The molecule has 1 unspecified atom stereocenters. The highest BCUT2D eigenvalue weighted by atomic mass is 79.9. The highest BCUT2D eigenvalue weighted by Gasteiger charge is 2.41. The molecule has 0 aliphatic heterocycles. The van der Waals surface area contributed by atoms with Crippen LogP contribution in [0.15, 0.2) is 12.2 Å². The van der Waals surface area contributed by atoms with Crippen molar-refractivity contribution >= 4 is 11.9 Å². The first kappa shape index (κ1) is 25.2. The third kappa shape index (κ3) is 12.3. The average molecular weight is 420 g/mol. The molecule has 0 rings (SSSR count). The Kier molecular flexibility index (Phi) is 9.86. The number of likely N-dealkylation sites (N-methyl/N-ethyl adjacent to an activating group) is 1. The molecule has 0 spiro atoms.